The molecule has 166 valence electrons. The van der Waals surface area contributed by atoms with Crippen LogP contribution in [0.3, 0.4) is 0 Å². The van der Waals surface area contributed by atoms with Crippen LogP contribution in [-0.2, 0) is 6.54 Å². The number of para-hydroxylation sites is 1. The van der Waals surface area contributed by atoms with E-state index >= 15 is 0 Å². The maximum atomic E-state index is 13.5. The maximum absolute atomic E-state index is 13.5. The zero-order chi connectivity index (χ0) is 23.2. The zero-order valence-electron chi connectivity index (χ0n) is 18.6. The minimum absolute atomic E-state index is 0.144. The highest BCUT2D eigenvalue weighted by Crippen LogP contribution is 2.29. The van der Waals surface area contributed by atoms with Crippen LogP contribution >= 0.6 is 0 Å². The van der Waals surface area contributed by atoms with E-state index in [0.29, 0.717) is 24.2 Å². The summed E-state index contributed by atoms with van der Waals surface area (Å²) >= 11 is 0. The number of aromatic nitrogens is 1. The maximum Gasteiger partial charge on any atom is 0.274 e. The molecule has 0 spiro atoms. The number of nitrogens with zero attached hydrogens (tertiary/aromatic N) is 2. The van der Waals surface area contributed by atoms with Crippen molar-refractivity contribution >= 4 is 17.5 Å². The number of rotatable bonds is 7. The van der Waals surface area contributed by atoms with Crippen LogP contribution in [0.2, 0.25) is 0 Å². The molecule has 4 rings (SSSR count). The Hall–Kier alpha value is -4.19. The first kappa shape index (κ1) is 22.0. The SMILES string of the molecule is CCN(C(=O)c1ccccc1-c1ocnc1C(=O)NCc1cccc(C)c1)c1ccccc1. The van der Waals surface area contributed by atoms with E-state index in [4.69, 9.17) is 4.42 Å². The van der Waals surface area contributed by atoms with E-state index in [9.17, 15) is 9.59 Å². The van der Waals surface area contributed by atoms with Gasteiger partial charge >= 0.3 is 0 Å². The van der Waals surface area contributed by atoms with Crippen LogP contribution in [0.25, 0.3) is 11.3 Å². The van der Waals surface area contributed by atoms with Crippen molar-refractivity contribution in [2.45, 2.75) is 20.4 Å². The Kier molecular flexibility index (Phi) is 6.64. The minimum atomic E-state index is -0.363. The van der Waals surface area contributed by atoms with Crippen LogP contribution in [-0.4, -0.2) is 23.3 Å². The van der Waals surface area contributed by atoms with Gasteiger partial charge in [-0.1, -0.05) is 66.2 Å². The Bertz CT molecular complexity index is 1260. The Morgan fingerprint density at radius 1 is 0.970 bits per heavy atom. The number of carbonyl (C=O) groups is 2. The molecule has 0 fully saturated rings. The lowest BCUT2D eigenvalue weighted by Crippen LogP contribution is -2.31. The number of hydrogen-bond donors (Lipinski definition) is 1. The molecular formula is C27H25N3O3. The summed E-state index contributed by atoms with van der Waals surface area (Å²) in [6.07, 6.45) is 1.23. The van der Waals surface area contributed by atoms with Gasteiger partial charge in [0, 0.05) is 24.3 Å². The summed E-state index contributed by atoms with van der Waals surface area (Å²) in [5, 5.41) is 2.89. The topological polar surface area (TPSA) is 75.4 Å². The second-order valence-electron chi connectivity index (χ2n) is 7.63. The molecule has 4 aromatic rings. The second kappa shape index (κ2) is 9.96. The molecule has 0 aliphatic rings. The average molecular weight is 440 g/mol. The van der Waals surface area contributed by atoms with Crippen LogP contribution in [0.1, 0.15) is 38.9 Å². The van der Waals surface area contributed by atoms with Gasteiger partial charge in [0.25, 0.3) is 11.8 Å². The molecular weight excluding hydrogens is 414 g/mol. The second-order valence-corrected chi connectivity index (χ2v) is 7.63. The van der Waals surface area contributed by atoms with Crippen LogP contribution in [0.15, 0.2) is 89.7 Å². The fourth-order valence-corrected chi connectivity index (χ4v) is 3.75. The summed E-state index contributed by atoms with van der Waals surface area (Å²) in [5.74, 6) is -0.274. The lowest BCUT2D eigenvalue weighted by Gasteiger charge is -2.22. The predicted molar refractivity (Wildman–Crippen MR) is 128 cm³/mol. The number of aryl methyl sites for hydroxylation is 1. The van der Waals surface area contributed by atoms with Crippen molar-refractivity contribution in [1.29, 1.82) is 0 Å². The molecule has 0 radical (unpaired) electrons. The molecule has 3 aromatic carbocycles. The van der Waals surface area contributed by atoms with Crippen LogP contribution in [0.4, 0.5) is 5.69 Å². The van der Waals surface area contributed by atoms with Crippen LogP contribution < -0.4 is 10.2 Å². The monoisotopic (exact) mass is 439 g/mol. The molecule has 0 saturated heterocycles. The first-order valence-corrected chi connectivity index (χ1v) is 10.8. The average Bonchev–Trinajstić information content (AvgIpc) is 3.34. The van der Waals surface area contributed by atoms with Crippen molar-refractivity contribution in [3.8, 4) is 11.3 Å². The molecule has 6 nitrogen and oxygen atoms in total. The van der Waals surface area contributed by atoms with E-state index in [1.165, 1.54) is 6.39 Å². The van der Waals surface area contributed by atoms with Crippen LogP contribution in [0.5, 0.6) is 0 Å². The van der Waals surface area contributed by atoms with Crippen molar-refractivity contribution < 1.29 is 14.0 Å². The first-order chi connectivity index (χ1) is 16.1. The van der Waals surface area contributed by atoms with Gasteiger partial charge in [-0.2, -0.15) is 0 Å². The molecule has 1 heterocycles. The number of nitrogens with one attached hydrogen (secondary N) is 1. The van der Waals surface area contributed by atoms with E-state index in [1.54, 1.807) is 23.1 Å². The molecule has 1 aromatic heterocycles. The lowest BCUT2D eigenvalue weighted by molar-refractivity contribution is 0.0944. The van der Waals surface area contributed by atoms with E-state index in [1.807, 2.05) is 74.5 Å². The van der Waals surface area contributed by atoms with Crippen LogP contribution in [0, 0.1) is 6.92 Å². The van der Waals surface area contributed by atoms with Gasteiger partial charge in [-0.25, -0.2) is 4.98 Å². The van der Waals surface area contributed by atoms with Crippen molar-refractivity contribution in [3.05, 3.63) is 108 Å². The number of benzene rings is 3. The van der Waals surface area contributed by atoms with Gasteiger partial charge in [-0.15, -0.1) is 0 Å². The quantitative estimate of drug-likeness (QED) is 0.427. The third-order valence-electron chi connectivity index (χ3n) is 5.35. The molecule has 0 atom stereocenters. The highest BCUT2D eigenvalue weighted by Gasteiger charge is 2.25. The normalized spacial score (nSPS) is 10.6. The van der Waals surface area contributed by atoms with E-state index in [0.717, 1.165) is 16.8 Å². The molecule has 0 saturated carbocycles. The van der Waals surface area contributed by atoms with Gasteiger partial charge in [0.1, 0.15) is 0 Å². The Labute approximate surface area is 192 Å². The van der Waals surface area contributed by atoms with Gasteiger partial charge in [-0.05, 0) is 37.6 Å². The third kappa shape index (κ3) is 4.85. The van der Waals surface area contributed by atoms with Crippen molar-refractivity contribution in [2.24, 2.45) is 0 Å². The predicted octanol–water partition coefficient (Wildman–Crippen LogP) is 5.25. The number of oxazole rings is 1. The molecule has 1 N–H and O–H groups in total. The molecule has 0 bridgehead atoms. The van der Waals surface area contributed by atoms with Gasteiger partial charge in [0.2, 0.25) is 0 Å². The van der Waals surface area contributed by atoms with E-state index in [2.05, 4.69) is 10.3 Å². The molecule has 0 aliphatic heterocycles. The number of amides is 2. The zero-order valence-corrected chi connectivity index (χ0v) is 18.6. The molecule has 33 heavy (non-hydrogen) atoms. The summed E-state index contributed by atoms with van der Waals surface area (Å²) in [5.41, 5.74) is 4.02. The number of hydrogen-bond acceptors (Lipinski definition) is 4. The Morgan fingerprint density at radius 2 is 1.73 bits per heavy atom. The fourth-order valence-electron chi connectivity index (χ4n) is 3.75. The number of anilines is 1. The van der Waals surface area contributed by atoms with Crippen molar-refractivity contribution in [3.63, 3.8) is 0 Å². The number of carbonyl (C=O) groups excluding carboxylic acids is 2. The van der Waals surface area contributed by atoms with Crippen molar-refractivity contribution in [2.75, 3.05) is 11.4 Å². The highest BCUT2D eigenvalue weighted by molar-refractivity contribution is 6.11. The van der Waals surface area contributed by atoms with Crippen molar-refractivity contribution in [1.82, 2.24) is 10.3 Å². The molecule has 2 amide bonds. The van der Waals surface area contributed by atoms with Gasteiger partial charge in [-0.3, -0.25) is 9.59 Å². The highest BCUT2D eigenvalue weighted by atomic mass is 16.3. The standard InChI is InChI=1S/C27H25N3O3/c1-3-30(21-12-5-4-6-13-21)27(32)23-15-8-7-14-22(23)25-24(29-18-33-25)26(31)28-17-20-11-9-10-19(2)16-20/h4-16,18H,3,17H2,1-2H3,(H,28,31). The summed E-state index contributed by atoms with van der Waals surface area (Å²) in [6.45, 7) is 4.79. The smallest absolute Gasteiger partial charge is 0.274 e. The fraction of sp³-hybridized carbons (Fsp3) is 0.148. The molecule has 0 aliphatic carbocycles. The van der Waals surface area contributed by atoms with Gasteiger partial charge in [0.05, 0.1) is 5.56 Å². The Balaban J connectivity index is 1.62. The Morgan fingerprint density at radius 3 is 2.48 bits per heavy atom. The molecule has 6 heteroatoms. The molecule has 0 unspecified atom stereocenters. The van der Waals surface area contributed by atoms with Gasteiger partial charge in [0.15, 0.2) is 17.8 Å². The van der Waals surface area contributed by atoms with Gasteiger partial charge < -0.3 is 14.6 Å². The summed E-state index contributed by atoms with van der Waals surface area (Å²) in [4.78, 5) is 32.2. The summed E-state index contributed by atoms with van der Waals surface area (Å²) < 4.78 is 5.61. The minimum Gasteiger partial charge on any atom is -0.443 e. The largest absolute Gasteiger partial charge is 0.443 e. The van der Waals surface area contributed by atoms with E-state index in [-0.39, 0.29) is 23.3 Å². The summed E-state index contributed by atoms with van der Waals surface area (Å²) in [6, 6.07) is 24.5. The van der Waals surface area contributed by atoms with E-state index < -0.39 is 0 Å². The third-order valence-corrected chi connectivity index (χ3v) is 5.35. The first-order valence-electron chi connectivity index (χ1n) is 10.8. The lowest BCUT2D eigenvalue weighted by atomic mass is 10.0. The summed E-state index contributed by atoms with van der Waals surface area (Å²) in [7, 11) is 0.